The van der Waals surface area contributed by atoms with E-state index < -0.39 is 29.1 Å². The molecule has 0 aliphatic rings. The predicted octanol–water partition coefficient (Wildman–Crippen LogP) is 1.32. The molecule has 0 spiro atoms. The van der Waals surface area contributed by atoms with Gasteiger partial charge in [-0.3, -0.25) is 14.4 Å². The van der Waals surface area contributed by atoms with E-state index in [1.54, 1.807) is 27.7 Å². The first kappa shape index (κ1) is 21.0. The molecular weight excluding hydrogens is 284 g/mol. The van der Waals surface area contributed by atoms with Gasteiger partial charge in [-0.2, -0.15) is 0 Å². The Bertz CT molecular complexity index is 322. The molecule has 0 radical (unpaired) electrons. The van der Waals surface area contributed by atoms with Crippen LogP contribution < -0.4 is 0 Å². The zero-order valence-electron chi connectivity index (χ0n) is 12.4. The van der Waals surface area contributed by atoms with Crippen LogP contribution in [-0.4, -0.2) is 41.8 Å². The van der Waals surface area contributed by atoms with Crippen molar-refractivity contribution in [3.63, 3.8) is 0 Å². The largest absolute Gasteiger partial charge is 0.371 e. The topological polar surface area (TPSA) is 69.7 Å². The predicted molar refractivity (Wildman–Crippen MR) is 66.4 cm³/mol. The number of hydrogen-bond acceptors (Lipinski definition) is 5. The Balaban J connectivity index is 0. The van der Waals surface area contributed by atoms with Gasteiger partial charge >= 0.3 is 0 Å². The monoisotopic (exact) mass is 306 g/mol. The van der Waals surface area contributed by atoms with Crippen molar-refractivity contribution in [2.24, 2.45) is 0 Å². The van der Waals surface area contributed by atoms with Crippen LogP contribution in [0.25, 0.3) is 0 Å². The van der Waals surface area contributed by atoms with Crippen LogP contribution in [0.3, 0.4) is 0 Å². The number of hydrogen-bond donors (Lipinski definition) is 0. The van der Waals surface area contributed by atoms with Crippen molar-refractivity contribution >= 4 is 17.3 Å². The second-order valence-electron chi connectivity index (χ2n) is 4.74. The van der Waals surface area contributed by atoms with Crippen molar-refractivity contribution in [2.75, 3.05) is 6.61 Å². The van der Waals surface area contributed by atoms with Crippen molar-refractivity contribution < 1.29 is 45.6 Å². The number of ketones is 3. The normalized spacial score (nSPS) is 11.4. The van der Waals surface area contributed by atoms with Gasteiger partial charge in [0.15, 0.2) is 11.6 Å². The summed E-state index contributed by atoms with van der Waals surface area (Å²) >= 11 is 0. The van der Waals surface area contributed by atoms with Crippen molar-refractivity contribution in [1.29, 1.82) is 0 Å². The Labute approximate surface area is 129 Å². The van der Waals surface area contributed by atoms with Gasteiger partial charge in [-0.05, 0) is 41.5 Å². The van der Waals surface area contributed by atoms with Gasteiger partial charge in [-0.25, -0.2) is 0 Å². The van der Waals surface area contributed by atoms with E-state index in [1.807, 2.05) is 0 Å². The second-order valence-corrected chi connectivity index (χ2v) is 4.74. The van der Waals surface area contributed by atoms with E-state index in [1.165, 1.54) is 13.8 Å². The zero-order chi connectivity index (χ0) is 14.5. The maximum absolute atomic E-state index is 12.1. The molecule has 0 heterocycles. The molecule has 108 valence electrons. The zero-order valence-corrected chi connectivity index (χ0v) is 14.0. The first-order valence-electron chi connectivity index (χ1n) is 5.99. The summed E-state index contributed by atoms with van der Waals surface area (Å²) in [7, 11) is 0. The maximum Gasteiger partial charge on any atom is 0.244 e. The minimum absolute atomic E-state index is 0. The van der Waals surface area contributed by atoms with Gasteiger partial charge in [-0.1, -0.05) is 0 Å². The maximum atomic E-state index is 12.1. The summed E-state index contributed by atoms with van der Waals surface area (Å²) in [6.07, 6.45) is -0.578. The summed E-state index contributed by atoms with van der Waals surface area (Å²) < 4.78 is 10.5. The summed E-state index contributed by atoms with van der Waals surface area (Å²) in [6.45, 7) is 8.89. The van der Waals surface area contributed by atoms with Crippen molar-refractivity contribution in [3.8, 4) is 0 Å². The van der Waals surface area contributed by atoms with E-state index in [0.29, 0.717) is 0 Å². The van der Waals surface area contributed by atoms with E-state index in [-0.39, 0.29) is 34.4 Å². The fourth-order valence-electron chi connectivity index (χ4n) is 1.57. The first-order chi connectivity index (χ1) is 8.14. The third kappa shape index (κ3) is 5.65. The molecule has 0 bridgehead atoms. The Hall–Kier alpha value is -0.356. The van der Waals surface area contributed by atoms with Crippen LogP contribution in [0.2, 0.25) is 0 Å². The van der Waals surface area contributed by atoms with Gasteiger partial charge in [0.05, 0.1) is 12.2 Å². The van der Waals surface area contributed by atoms with Crippen LogP contribution in [0.1, 0.15) is 41.5 Å². The number of ether oxygens (including phenoxy) is 2. The fourth-order valence-corrected chi connectivity index (χ4v) is 1.57. The molecule has 5 nitrogen and oxygen atoms in total. The van der Waals surface area contributed by atoms with E-state index >= 15 is 0 Å². The first-order valence-corrected chi connectivity index (χ1v) is 5.99. The summed E-state index contributed by atoms with van der Waals surface area (Å²) in [6, 6.07) is 0. The van der Waals surface area contributed by atoms with E-state index in [2.05, 4.69) is 0 Å². The molecule has 0 saturated heterocycles. The van der Waals surface area contributed by atoms with Crippen molar-refractivity contribution in [3.05, 3.63) is 0 Å². The standard InChI is InChI=1S/C13H22O5.Ti/c1-8(2)17-7-12(16)13(10(5)14,11(6)15)18-9(3)4;/h8-9H,7H2,1-6H3;. The van der Waals surface area contributed by atoms with Crippen LogP contribution in [0.4, 0.5) is 0 Å². The van der Waals surface area contributed by atoms with Crippen LogP contribution in [0.15, 0.2) is 0 Å². The Morgan fingerprint density at radius 1 is 0.947 bits per heavy atom. The average Bonchev–Trinajstić information content (AvgIpc) is 2.20. The summed E-state index contributed by atoms with van der Waals surface area (Å²) in [5.74, 6) is -1.87. The smallest absolute Gasteiger partial charge is 0.244 e. The quantitative estimate of drug-likeness (QED) is 0.500. The number of carbonyl (C=O) groups excluding carboxylic acids is 3. The van der Waals surface area contributed by atoms with Gasteiger partial charge in [0.1, 0.15) is 6.61 Å². The molecule has 0 aromatic carbocycles. The van der Waals surface area contributed by atoms with Crippen molar-refractivity contribution in [1.82, 2.24) is 0 Å². The van der Waals surface area contributed by atoms with Gasteiger partial charge in [0, 0.05) is 21.7 Å². The van der Waals surface area contributed by atoms with E-state index in [9.17, 15) is 14.4 Å². The molecule has 0 aromatic heterocycles. The minimum atomic E-state index is -2.02. The SMILES string of the molecule is CC(=O)C(OC(C)C)(C(C)=O)C(=O)COC(C)C.[Ti]. The summed E-state index contributed by atoms with van der Waals surface area (Å²) in [5.41, 5.74) is -2.02. The third-order valence-electron chi connectivity index (χ3n) is 2.34. The number of carbonyl (C=O) groups is 3. The molecule has 0 fully saturated rings. The van der Waals surface area contributed by atoms with Crippen molar-refractivity contribution in [2.45, 2.75) is 59.4 Å². The molecule has 19 heavy (non-hydrogen) atoms. The van der Waals surface area contributed by atoms with Crippen LogP contribution >= 0.6 is 0 Å². The van der Waals surface area contributed by atoms with Gasteiger partial charge < -0.3 is 9.47 Å². The third-order valence-corrected chi connectivity index (χ3v) is 2.34. The minimum Gasteiger partial charge on any atom is -0.371 e. The van der Waals surface area contributed by atoms with Gasteiger partial charge in [0.2, 0.25) is 11.4 Å². The van der Waals surface area contributed by atoms with Gasteiger partial charge in [0.25, 0.3) is 0 Å². The molecule has 0 saturated carbocycles. The molecule has 0 N–H and O–H groups in total. The van der Waals surface area contributed by atoms with Crippen LogP contribution in [0.5, 0.6) is 0 Å². The Morgan fingerprint density at radius 3 is 1.63 bits per heavy atom. The van der Waals surface area contributed by atoms with Crippen LogP contribution in [0, 0.1) is 0 Å². The fraction of sp³-hybridized carbons (Fsp3) is 0.769. The molecule has 0 aliphatic carbocycles. The van der Waals surface area contributed by atoms with Gasteiger partial charge in [-0.15, -0.1) is 0 Å². The summed E-state index contributed by atoms with van der Waals surface area (Å²) in [4.78, 5) is 35.5. The molecule has 0 rings (SSSR count). The van der Waals surface area contributed by atoms with E-state index in [4.69, 9.17) is 9.47 Å². The second kappa shape index (κ2) is 8.74. The number of Topliss-reactive ketones (excluding diaryl/α,β-unsaturated/α-hetero) is 3. The van der Waals surface area contributed by atoms with Crippen LogP contribution in [-0.2, 0) is 45.6 Å². The molecule has 0 aromatic rings. The average molecular weight is 306 g/mol. The Kier molecular flexibility index (Phi) is 9.64. The molecule has 0 atom stereocenters. The Morgan fingerprint density at radius 2 is 1.37 bits per heavy atom. The molecule has 0 unspecified atom stereocenters. The number of rotatable bonds is 8. The molecule has 0 aliphatic heterocycles. The summed E-state index contributed by atoms with van der Waals surface area (Å²) in [5, 5.41) is 0. The van der Waals surface area contributed by atoms with E-state index in [0.717, 1.165) is 0 Å². The molecule has 0 amide bonds. The molecular formula is C13H22O5Ti. The molecule has 6 heteroatoms.